The number of ether oxygens (including phenoxy) is 1. The van der Waals surface area contributed by atoms with E-state index in [1.165, 1.54) is 6.33 Å². The zero-order valence-corrected chi connectivity index (χ0v) is 12.7. The van der Waals surface area contributed by atoms with E-state index < -0.39 is 5.72 Å². The lowest BCUT2D eigenvalue weighted by atomic mass is 10.2. The Morgan fingerprint density at radius 3 is 2.86 bits per heavy atom. The van der Waals surface area contributed by atoms with E-state index in [1.54, 1.807) is 6.20 Å². The van der Waals surface area contributed by atoms with Gasteiger partial charge in [0.2, 0.25) is 5.91 Å². The first-order valence-corrected chi connectivity index (χ1v) is 7.40. The van der Waals surface area contributed by atoms with Gasteiger partial charge in [0.15, 0.2) is 0 Å². The number of carbonyl (C=O) groups excluding carboxylic acids is 1. The van der Waals surface area contributed by atoms with E-state index in [1.807, 2.05) is 20.8 Å². The predicted octanol–water partition coefficient (Wildman–Crippen LogP) is 0.619. The van der Waals surface area contributed by atoms with Crippen LogP contribution in [0.1, 0.15) is 25.1 Å². The first kappa shape index (κ1) is 14.4. The molecule has 114 valence electrons. The lowest BCUT2D eigenvalue weighted by molar-refractivity contribution is -0.134. The van der Waals surface area contributed by atoms with Crippen LogP contribution < -0.4 is 10.6 Å². The molecule has 1 aromatic rings. The van der Waals surface area contributed by atoms with Gasteiger partial charge in [0.05, 0.1) is 12.3 Å². The molecule has 1 saturated carbocycles. The Morgan fingerprint density at radius 1 is 1.48 bits per heavy atom. The Labute approximate surface area is 124 Å². The van der Waals surface area contributed by atoms with Gasteiger partial charge < -0.3 is 15.4 Å². The van der Waals surface area contributed by atoms with Crippen LogP contribution in [0.5, 0.6) is 0 Å². The third kappa shape index (κ3) is 3.06. The second kappa shape index (κ2) is 5.35. The molecule has 3 rings (SSSR count). The van der Waals surface area contributed by atoms with Gasteiger partial charge in [0.1, 0.15) is 12.1 Å². The second-order valence-electron chi connectivity index (χ2n) is 6.45. The van der Waals surface area contributed by atoms with Crippen molar-refractivity contribution in [2.45, 2.75) is 33.1 Å². The number of piperidine rings is 1. The van der Waals surface area contributed by atoms with Crippen LogP contribution in [-0.2, 0) is 16.1 Å². The van der Waals surface area contributed by atoms with Crippen molar-refractivity contribution < 1.29 is 9.53 Å². The molecule has 6 heteroatoms. The Morgan fingerprint density at radius 2 is 2.19 bits per heavy atom. The molecular formula is C15H22N4O2. The average Bonchev–Trinajstić information content (AvgIpc) is 2.92. The van der Waals surface area contributed by atoms with Crippen molar-refractivity contribution in [2.24, 2.45) is 17.8 Å². The van der Waals surface area contributed by atoms with E-state index in [4.69, 9.17) is 4.74 Å². The minimum Gasteiger partial charge on any atom is -0.350 e. The van der Waals surface area contributed by atoms with Crippen LogP contribution in [0.3, 0.4) is 0 Å². The van der Waals surface area contributed by atoms with Crippen molar-refractivity contribution in [1.29, 1.82) is 0 Å². The summed E-state index contributed by atoms with van der Waals surface area (Å²) in [5, 5.41) is 6.30. The van der Waals surface area contributed by atoms with E-state index in [2.05, 4.69) is 20.6 Å². The quantitative estimate of drug-likeness (QED) is 0.778. The van der Waals surface area contributed by atoms with E-state index >= 15 is 0 Å². The highest BCUT2D eigenvalue weighted by molar-refractivity contribution is 5.83. The Bertz CT molecular complexity index is 536. The van der Waals surface area contributed by atoms with Crippen molar-refractivity contribution in [3.05, 3.63) is 23.8 Å². The van der Waals surface area contributed by atoms with Crippen LogP contribution in [0, 0.1) is 24.7 Å². The largest absolute Gasteiger partial charge is 0.350 e. The maximum absolute atomic E-state index is 12.3. The SMILES string of the molecule is Cc1cncnc1COC(C)(C)NC(=O)C1[C@H]2CNC[C@@H]12. The molecular weight excluding hydrogens is 268 g/mol. The van der Waals surface area contributed by atoms with Gasteiger partial charge in [-0.2, -0.15) is 0 Å². The highest BCUT2D eigenvalue weighted by atomic mass is 16.5. The fraction of sp³-hybridized carbons (Fsp3) is 0.667. The lowest BCUT2D eigenvalue weighted by Crippen LogP contribution is -2.47. The fourth-order valence-corrected chi connectivity index (χ4v) is 3.05. The smallest absolute Gasteiger partial charge is 0.225 e. The lowest BCUT2D eigenvalue weighted by Gasteiger charge is -2.27. The number of carbonyl (C=O) groups is 1. The third-order valence-corrected chi connectivity index (χ3v) is 4.39. The average molecular weight is 290 g/mol. The molecule has 3 atom stereocenters. The number of rotatable bonds is 5. The van der Waals surface area contributed by atoms with Crippen molar-refractivity contribution in [3.63, 3.8) is 0 Å². The number of amides is 1. The summed E-state index contributed by atoms with van der Waals surface area (Å²) in [4.78, 5) is 20.4. The molecule has 6 nitrogen and oxygen atoms in total. The number of fused-ring (bicyclic) bond motifs is 1. The first-order valence-electron chi connectivity index (χ1n) is 7.40. The van der Waals surface area contributed by atoms with Gasteiger partial charge in [-0.3, -0.25) is 4.79 Å². The minimum atomic E-state index is -0.696. The molecule has 1 amide bonds. The summed E-state index contributed by atoms with van der Waals surface area (Å²) >= 11 is 0. The Kier molecular flexibility index (Phi) is 3.67. The van der Waals surface area contributed by atoms with Crippen LogP contribution in [0.15, 0.2) is 12.5 Å². The maximum atomic E-state index is 12.3. The number of aromatic nitrogens is 2. The van der Waals surface area contributed by atoms with Crippen molar-refractivity contribution in [2.75, 3.05) is 13.1 Å². The monoisotopic (exact) mass is 290 g/mol. The molecule has 0 bridgehead atoms. The summed E-state index contributed by atoms with van der Waals surface area (Å²) in [6.45, 7) is 7.98. The molecule has 0 spiro atoms. The molecule has 2 fully saturated rings. The Hall–Kier alpha value is -1.53. The number of hydrogen-bond donors (Lipinski definition) is 2. The van der Waals surface area contributed by atoms with Gasteiger partial charge in [-0.25, -0.2) is 9.97 Å². The molecule has 2 heterocycles. The number of hydrogen-bond acceptors (Lipinski definition) is 5. The first-order chi connectivity index (χ1) is 9.98. The molecule has 1 unspecified atom stereocenters. The number of nitrogens with one attached hydrogen (secondary N) is 2. The number of aryl methyl sites for hydroxylation is 1. The standard InChI is InChI=1S/C15H22N4O2/c1-9-4-17-8-18-12(9)7-21-15(2,3)19-14(20)13-10-5-16-6-11(10)13/h4,8,10-11,13,16H,5-7H2,1-3H3,(H,19,20)/t10-,11+,13?. The zero-order chi connectivity index (χ0) is 15.0. The summed E-state index contributed by atoms with van der Waals surface area (Å²) in [6, 6.07) is 0. The summed E-state index contributed by atoms with van der Waals surface area (Å²) < 4.78 is 5.83. The normalized spacial score (nSPS) is 27.3. The third-order valence-electron chi connectivity index (χ3n) is 4.39. The van der Waals surface area contributed by atoms with Crippen LogP contribution in [0.2, 0.25) is 0 Å². The zero-order valence-electron chi connectivity index (χ0n) is 12.7. The molecule has 1 aromatic heterocycles. The van der Waals surface area contributed by atoms with Crippen molar-refractivity contribution in [1.82, 2.24) is 20.6 Å². The van der Waals surface area contributed by atoms with E-state index in [0.717, 1.165) is 24.3 Å². The van der Waals surface area contributed by atoms with E-state index in [0.29, 0.717) is 18.4 Å². The molecule has 2 aliphatic rings. The summed E-state index contributed by atoms with van der Waals surface area (Å²) in [5.41, 5.74) is 1.14. The minimum absolute atomic E-state index is 0.107. The van der Waals surface area contributed by atoms with Crippen LogP contribution in [-0.4, -0.2) is 34.7 Å². The molecule has 0 aromatic carbocycles. The van der Waals surface area contributed by atoms with Gasteiger partial charge in [-0.1, -0.05) is 0 Å². The summed E-state index contributed by atoms with van der Waals surface area (Å²) in [6.07, 6.45) is 3.27. The Balaban J connectivity index is 1.52. The van der Waals surface area contributed by atoms with E-state index in [9.17, 15) is 4.79 Å². The predicted molar refractivity (Wildman–Crippen MR) is 77.1 cm³/mol. The van der Waals surface area contributed by atoms with Crippen LogP contribution in [0.25, 0.3) is 0 Å². The number of nitrogens with zero attached hydrogens (tertiary/aromatic N) is 2. The molecule has 1 aliphatic heterocycles. The summed E-state index contributed by atoms with van der Waals surface area (Å²) in [7, 11) is 0. The maximum Gasteiger partial charge on any atom is 0.225 e. The van der Waals surface area contributed by atoms with Gasteiger partial charge in [0.25, 0.3) is 0 Å². The highest BCUT2D eigenvalue weighted by Crippen LogP contribution is 2.48. The van der Waals surface area contributed by atoms with Crippen molar-refractivity contribution >= 4 is 5.91 Å². The molecule has 0 radical (unpaired) electrons. The molecule has 2 N–H and O–H groups in total. The molecule has 21 heavy (non-hydrogen) atoms. The van der Waals surface area contributed by atoms with Crippen LogP contribution in [0.4, 0.5) is 0 Å². The van der Waals surface area contributed by atoms with Crippen LogP contribution >= 0.6 is 0 Å². The topological polar surface area (TPSA) is 76.1 Å². The second-order valence-corrected chi connectivity index (χ2v) is 6.45. The van der Waals surface area contributed by atoms with Gasteiger partial charge in [0, 0.05) is 12.1 Å². The summed E-state index contributed by atoms with van der Waals surface area (Å²) in [5.74, 6) is 1.31. The van der Waals surface area contributed by atoms with E-state index in [-0.39, 0.29) is 11.8 Å². The molecule has 1 saturated heterocycles. The highest BCUT2D eigenvalue weighted by Gasteiger charge is 2.57. The van der Waals surface area contributed by atoms with Crippen molar-refractivity contribution in [3.8, 4) is 0 Å². The van der Waals surface area contributed by atoms with Gasteiger partial charge >= 0.3 is 0 Å². The molecule has 1 aliphatic carbocycles. The fourth-order valence-electron chi connectivity index (χ4n) is 3.05. The van der Waals surface area contributed by atoms with Gasteiger partial charge in [-0.05, 0) is 51.3 Å². The van der Waals surface area contributed by atoms with Gasteiger partial charge in [-0.15, -0.1) is 0 Å².